The van der Waals surface area contributed by atoms with Crippen molar-refractivity contribution in [2.75, 3.05) is 11.9 Å². The fourth-order valence-electron chi connectivity index (χ4n) is 2.43. The molecule has 0 amide bonds. The van der Waals surface area contributed by atoms with E-state index in [1.807, 2.05) is 0 Å². The summed E-state index contributed by atoms with van der Waals surface area (Å²) in [5.41, 5.74) is -0.809. The smallest absolute Gasteiger partial charge is 0.341 e. The van der Waals surface area contributed by atoms with E-state index in [2.05, 4.69) is 11.9 Å². The summed E-state index contributed by atoms with van der Waals surface area (Å²) < 4.78 is 60.8. The molecule has 5 nitrogen and oxygen atoms in total. The molecule has 0 aliphatic heterocycles. The number of carbonyl (C=O) groups is 1. The Morgan fingerprint density at radius 2 is 1.86 bits per heavy atom. The van der Waals surface area contributed by atoms with Gasteiger partial charge in [-0.15, -0.1) is 0 Å². The van der Waals surface area contributed by atoms with Gasteiger partial charge in [0.05, 0.1) is 0 Å². The Balaban J connectivity index is 2.25. The van der Waals surface area contributed by atoms with Crippen molar-refractivity contribution in [3.8, 4) is 11.5 Å². The van der Waals surface area contributed by atoms with Gasteiger partial charge in [-0.3, -0.25) is 0 Å². The second kappa shape index (κ2) is 9.63. The molecule has 0 spiro atoms. The molecule has 0 radical (unpaired) electrons. The lowest BCUT2D eigenvalue weighted by Crippen LogP contribution is -2.12. The lowest BCUT2D eigenvalue weighted by molar-refractivity contribution is -0.139. The lowest BCUT2D eigenvalue weighted by atomic mass is 10.1. The molecular weight excluding hydrogens is 394 g/mol. The first-order valence-electron chi connectivity index (χ1n) is 8.27. The van der Waals surface area contributed by atoms with Crippen LogP contribution in [0.25, 0.3) is 0 Å². The van der Waals surface area contributed by atoms with E-state index in [1.165, 1.54) is 0 Å². The third kappa shape index (κ3) is 5.74. The average molecular weight is 411 g/mol. The average Bonchev–Trinajstić information content (AvgIpc) is 2.67. The van der Waals surface area contributed by atoms with Crippen LogP contribution in [0.15, 0.2) is 48.8 Å². The highest BCUT2D eigenvalue weighted by molar-refractivity contribution is 5.68. The van der Waals surface area contributed by atoms with Crippen molar-refractivity contribution in [3.63, 3.8) is 0 Å². The number of aromatic hydroxyl groups is 1. The summed E-state index contributed by atoms with van der Waals surface area (Å²) in [6.45, 7) is 1.98. The number of phenolic OH excluding ortho intramolecular Hbond substituents is 1. The van der Waals surface area contributed by atoms with Crippen molar-refractivity contribution in [3.05, 3.63) is 77.4 Å². The maximum Gasteiger partial charge on any atom is 0.341 e. The number of benzene rings is 2. The first-order chi connectivity index (χ1) is 13.7. The van der Waals surface area contributed by atoms with Gasteiger partial charge in [0, 0.05) is 12.1 Å². The number of anilines is 1. The highest BCUT2D eigenvalue weighted by Gasteiger charge is 2.17. The van der Waals surface area contributed by atoms with E-state index in [4.69, 9.17) is 9.84 Å². The molecule has 3 N–H and O–H groups in total. The van der Waals surface area contributed by atoms with Gasteiger partial charge in [-0.2, -0.15) is 0 Å². The van der Waals surface area contributed by atoms with E-state index >= 15 is 0 Å². The number of carboxylic acids is 1. The molecule has 0 saturated carbocycles. The molecule has 0 atom stereocenters. The number of rotatable bonds is 9. The number of ether oxygens (including phenoxy) is 1. The largest absolute Gasteiger partial charge is 0.508 e. The van der Waals surface area contributed by atoms with Gasteiger partial charge in [-0.25, -0.2) is 22.4 Å². The van der Waals surface area contributed by atoms with Crippen molar-refractivity contribution in [2.24, 2.45) is 0 Å². The molecule has 0 fully saturated rings. The first-order valence-corrected chi connectivity index (χ1v) is 8.27. The summed E-state index contributed by atoms with van der Waals surface area (Å²) in [4.78, 5) is 10.5. The van der Waals surface area contributed by atoms with Gasteiger partial charge in [-0.1, -0.05) is 6.58 Å². The number of phenols is 1. The maximum atomic E-state index is 14.6. The molecular formula is C20H17F4NO4. The van der Waals surface area contributed by atoms with Crippen LogP contribution in [0.3, 0.4) is 0 Å². The molecule has 0 saturated heterocycles. The van der Waals surface area contributed by atoms with Crippen LogP contribution in [-0.2, 0) is 17.8 Å². The Labute approximate surface area is 163 Å². The number of halogens is 4. The molecule has 9 heteroatoms. The van der Waals surface area contributed by atoms with Crippen LogP contribution in [0.4, 0.5) is 23.2 Å². The van der Waals surface area contributed by atoms with E-state index in [0.717, 1.165) is 36.4 Å². The predicted octanol–water partition coefficient (Wildman–Crippen LogP) is 4.47. The summed E-state index contributed by atoms with van der Waals surface area (Å²) in [6.07, 6.45) is 1.82. The van der Waals surface area contributed by atoms with Gasteiger partial charge in [-0.05, 0) is 48.4 Å². The highest BCUT2D eigenvalue weighted by Crippen LogP contribution is 2.29. The second-order valence-electron chi connectivity index (χ2n) is 5.85. The summed E-state index contributed by atoms with van der Waals surface area (Å²) >= 11 is 0. The second-order valence-corrected chi connectivity index (χ2v) is 5.85. The van der Waals surface area contributed by atoms with Crippen molar-refractivity contribution < 1.29 is 37.3 Å². The number of aliphatic carboxylic acids is 1. The molecule has 154 valence electrons. The van der Waals surface area contributed by atoms with Crippen LogP contribution in [-0.4, -0.2) is 22.8 Å². The molecule has 2 aromatic rings. The third-order valence-electron chi connectivity index (χ3n) is 3.78. The van der Waals surface area contributed by atoms with Crippen LogP contribution in [0.2, 0.25) is 0 Å². The third-order valence-corrected chi connectivity index (χ3v) is 3.78. The monoisotopic (exact) mass is 411 g/mol. The van der Waals surface area contributed by atoms with E-state index in [9.17, 15) is 27.5 Å². The van der Waals surface area contributed by atoms with Gasteiger partial charge in [0.1, 0.15) is 28.9 Å². The molecule has 0 aromatic heterocycles. The first kappa shape index (κ1) is 21.8. The van der Waals surface area contributed by atoms with Gasteiger partial charge >= 0.3 is 5.97 Å². The molecule has 0 aliphatic rings. The van der Waals surface area contributed by atoms with Crippen LogP contribution in [0, 0.1) is 17.5 Å². The SMILES string of the molecule is C=C/C(F)=C\Cc1cc(O)cc(CNc2c(F)ccc(OCC(=O)O)c2F)c1F. The molecule has 0 aliphatic carbocycles. The Kier molecular flexibility index (Phi) is 7.24. The van der Waals surface area contributed by atoms with Crippen molar-refractivity contribution >= 4 is 11.7 Å². The van der Waals surface area contributed by atoms with Crippen LogP contribution in [0.1, 0.15) is 11.1 Å². The zero-order valence-corrected chi connectivity index (χ0v) is 15.0. The number of hydrogen-bond acceptors (Lipinski definition) is 4. The minimum atomic E-state index is -1.35. The molecule has 29 heavy (non-hydrogen) atoms. The number of allylic oxidation sites excluding steroid dienone is 3. The zero-order chi connectivity index (χ0) is 21.6. The Hall–Kier alpha value is -3.49. The van der Waals surface area contributed by atoms with Gasteiger partial charge in [0.15, 0.2) is 18.2 Å². The van der Waals surface area contributed by atoms with Crippen molar-refractivity contribution in [2.45, 2.75) is 13.0 Å². The Morgan fingerprint density at radius 1 is 1.17 bits per heavy atom. The molecule has 0 unspecified atom stereocenters. The lowest BCUT2D eigenvalue weighted by Gasteiger charge is -2.14. The summed E-state index contributed by atoms with van der Waals surface area (Å²) in [5, 5.41) is 20.7. The maximum absolute atomic E-state index is 14.6. The standard InChI is InChI=1S/C20H17F4NO4/c1-2-13(21)4-3-11-7-14(26)8-12(18(11)23)9-25-20-15(22)5-6-16(19(20)24)29-10-17(27)28/h2,4-8,25-26H,1,3,9-10H2,(H,27,28)/b13-4+. The summed E-state index contributed by atoms with van der Waals surface area (Å²) in [6, 6.07) is 3.94. The fraction of sp³-hybridized carbons (Fsp3) is 0.150. The highest BCUT2D eigenvalue weighted by atomic mass is 19.1. The van der Waals surface area contributed by atoms with E-state index in [0.29, 0.717) is 0 Å². The quantitative estimate of drug-likeness (QED) is 0.419. The van der Waals surface area contributed by atoms with E-state index in [1.54, 1.807) is 0 Å². The number of hydrogen-bond donors (Lipinski definition) is 3. The van der Waals surface area contributed by atoms with Gasteiger partial charge < -0.3 is 20.3 Å². The predicted molar refractivity (Wildman–Crippen MR) is 98.0 cm³/mol. The summed E-state index contributed by atoms with van der Waals surface area (Å²) in [7, 11) is 0. The van der Waals surface area contributed by atoms with Gasteiger partial charge in [0.25, 0.3) is 0 Å². The number of nitrogens with one attached hydrogen (secondary N) is 1. The molecule has 0 bridgehead atoms. The Morgan fingerprint density at radius 3 is 2.52 bits per heavy atom. The normalized spacial score (nSPS) is 11.2. The fourth-order valence-corrected chi connectivity index (χ4v) is 2.43. The topological polar surface area (TPSA) is 78.8 Å². The zero-order valence-electron chi connectivity index (χ0n) is 15.0. The van der Waals surface area contributed by atoms with Crippen LogP contribution < -0.4 is 10.1 Å². The molecule has 0 heterocycles. The summed E-state index contributed by atoms with van der Waals surface area (Å²) in [5.74, 6) is -5.83. The van der Waals surface area contributed by atoms with Crippen LogP contribution >= 0.6 is 0 Å². The number of carboxylic acid groups (broad SMARTS) is 1. The van der Waals surface area contributed by atoms with E-state index in [-0.39, 0.29) is 23.3 Å². The molecule has 2 rings (SSSR count). The van der Waals surface area contributed by atoms with Crippen molar-refractivity contribution in [1.29, 1.82) is 0 Å². The van der Waals surface area contributed by atoms with Crippen molar-refractivity contribution in [1.82, 2.24) is 0 Å². The Bertz CT molecular complexity index is 960. The minimum Gasteiger partial charge on any atom is -0.508 e. The van der Waals surface area contributed by atoms with E-state index < -0.39 is 53.8 Å². The van der Waals surface area contributed by atoms with Gasteiger partial charge in [0.2, 0.25) is 0 Å². The minimum absolute atomic E-state index is 0.0294. The molecule has 2 aromatic carbocycles. The van der Waals surface area contributed by atoms with Crippen LogP contribution in [0.5, 0.6) is 11.5 Å².